The van der Waals surface area contributed by atoms with Crippen molar-refractivity contribution >= 4 is 0 Å². The highest BCUT2D eigenvalue weighted by Crippen LogP contribution is 2.38. The zero-order chi connectivity index (χ0) is 19.7. The number of hydrogen-bond donors (Lipinski definition) is 0. The predicted octanol–water partition coefficient (Wildman–Crippen LogP) is 6.71. The minimum Gasteiger partial charge on any atom is -0.204 e. The summed E-state index contributed by atoms with van der Waals surface area (Å²) in [6, 6.07) is 2.66. The Labute approximate surface area is 143 Å². The Morgan fingerprint density at radius 3 is 2.26 bits per heavy atom. The standard InChI is InChI=1S/C21H24F2/c1-2-3-15-4-6-16(7-5-15)17-8-10-18(11-9-17)19-12-13-20(22)21(23)14-19/h8-16H,2-7H2,1H3/i8D,9D,10D,11D. The molecule has 0 aliphatic heterocycles. The summed E-state index contributed by atoms with van der Waals surface area (Å²) in [5, 5.41) is 0. The van der Waals surface area contributed by atoms with Crippen LogP contribution in [0.1, 0.15) is 62.4 Å². The lowest BCUT2D eigenvalue weighted by atomic mass is 9.77. The quantitative estimate of drug-likeness (QED) is 0.588. The third kappa shape index (κ3) is 3.80. The van der Waals surface area contributed by atoms with Crippen LogP contribution in [0.15, 0.2) is 42.4 Å². The van der Waals surface area contributed by atoms with Crippen molar-refractivity contribution in [3.63, 3.8) is 0 Å². The highest BCUT2D eigenvalue weighted by molar-refractivity contribution is 5.63. The fourth-order valence-electron chi connectivity index (χ4n) is 3.47. The van der Waals surface area contributed by atoms with Crippen LogP contribution < -0.4 is 0 Å². The molecule has 2 aromatic rings. The summed E-state index contributed by atoms with van der Waals surface area (Å²) >= 11 is 0. The van der Waals surface area contributed by atoms with Gasteiger partial charge in [0.15, 0.2) is 11.6 Å². The van der Waals surface area contributed by atoms with Gasteiger partial charge in [-0.25, -0.2) is 8.78 Å². The van der Waals surface area contributed by atoms with Crippen molar-refractivity contribution in [2.45, 2.75) is 51.4 Å². The first-order valence-corrected chi connectivity index (χ1v) is 8.40. The maximum atomic E-state index is 13.6. The van der Waals surface area contributed by atoms with Gasteiger partial charge in [0.1, 0.15) is 0 Å². The molecule has 0 N–H and O–H groups in total. The van der Waals surface area contributed by atoms with E-state index in [9.17, 15) is 8.78 Å². The summed E-state index contributed by atoms with van der Waals surface area (Å²) in [6.07, 6.45) is 6.17. The van der Waals surface area contributed by atoms with E-state index in [1.54, 1.807) is 0 Å². The van der Waals surface area contributed by atoms with Crippen LogP contribution in [-0.4, -0.2) is 0 Å². The second kappa shape index (κ2) is 7.25. The number of rotatable bonds is 4. The molecule has 0 spiro atoms. The second-order valence-electron chi connectivity index (χ2n) is 6.42. The minimum absolute atomic E-state index is 0.0188. The number of halogens is 2. The first kappa shape index (κ1) is 11.8. The van der Waals surface area contributed by atoms with Crippen molar-refractivity contribution < 1.29 is 14.3 Å². The molecular weight excluding hydrogens is 290 g/mol. The molecule has 3 rings (SSSR count). The smallest absolute Gasteiger partial charge is 0.159 e. The lowest BCUT2D eigenvalue weighted by Gasteiger charge is -2.28. The van der Waals surface area contributed by atoms with Crippen LogP contribution in [0.2, 0.25) is 0 Å². The molecule has 0 radical (unpaired) electrons. The molecule has 1 aliphatic carbocycles. The Morgan fingerprint density at radius 1 is 0.957 bits per heavy atom. The molecule has 0 unspecified atom stereocenters. The third-order valence-corrected chi connectivity index (χ3v) is 4.80. The van der Waals surface area contributed by atoms with Crippen molar-refractivity contribution in [3.8, 4) is 11.1 Å². The van der Waals surface area contributed by atoms with Crippen molar-refractivity contribution in [2.75, 3.05) is 0 Å². The fourth-order valence-corrected chi connectivity index (χ4v) is 3.47. The van der Waals surface area contributed by atoms with Gasteiger partial charge in [-0.2, -0.15) is 0 Å². The number of benzene rings is 2. The van der Waals surface area contributed by atoms with Gasteiger partial charge in [-0.15, -0.1) is 0 Å². The van der Waals surface area contributed by atoms with Crippen LogP contribution >= 0.6 is 0 Å². The average molecular weight is 318 g/mol. The first-order chi connectivity index (χ1) is 12.8. The molecule has 0 aromatic heterocycles. The van der Waals surface area contributed by atoms with Crippen LogP contribution in [0, 0.1) is 17.6 Å². The zero-order valence-corrected chi connectivity index (χ0v) is 13.4. The molecule has 0 atom stereocenters. The Hall–Kier alpha value is -1.70. The van der Waals surface area contributed by atoms with Gasteiger partial charge in [-0.05, 0) is 66.3 Å². The fraction of sp³-hybridized carbons (Fsp3) is 0.429. The normalized spacial score (nSPS) is 23.8. The highest BCUT2D eigenvalue weighted by atomic mass is 19.2. The molecule has 122 valence electrons. The minimum atomic E-state index is -1.07. The molecule has 0 bridgehead atoms. The highest BCUT2D eigenvalue weighted by Gasteiger charge is 2.21. The van der Waals surface area contributed by atoms with Crippen molar-refractivity contribution in [1.82, 2.24) is 0 Å². The summed E-state index contributed by atoms with van der Waals surface area (Å²) < 4.78 is 60.4. The van der Waals surface area contributed by atoms with Gasteiger partial charge in [0.05, 0.1) is 5.48 Å². The van der Waals surface area contributed by atoms with Gasteiger partial charge in [0.25, 0.3) is 0 Å². The Balaban J connectivity index is 2.00. The molecule has 0 nitrogen and oxygen atoms in total. The SMILES string of the molecule is [2H]c1c([2H])c(C2CCC(CCC)CC2)c([2H])c([2H])c1-c1ccc(F)c(F)c1. The van der Waals surface area contributed by atoms with Gasteiger partial charge in [0.2, 0.25) is 0 Å². The van der Waals surface area contributed by atoms with Gasteiger partial charge >= 0.3 is 0 Å². The van der Waals surface area contributed by atoms with Gasteiger partial charge in [0, 0.05) is 0 Å². The van der Waals surface area contributed by atoms with Crippen molar-refractivity contribution in [1.29, 1.82) is 0 Å². The maximum Gasteiger partial charge on any atom is 0.159 e. The van der Waals surface area contributed by atoms with E-state index in [1.807, 2.05) is 0 Å². The molecule has 1 saturated carbocycles. The van der Waals surface area contributed by atoms with E-state index in [2.05, 4.69) is 6.92 Å². The maximum absolute atomic E-state index is 13.6. The molecule has 1 fully saturated rings. The zero-order valence-electron chi connectivity index (χ0n) is 17.4. The van der Waals surface area contributed by atoms with Crippen molar-refractivity contribution in [2.24, 2.45) is 5.92 Å². The van der Waals surface area contributed by atoms with Crippen LogP contribution in [-0.2, 0) is 0 Å². The summed E-state index contributed by atoms with van der Waals surface area (Å²) in [5.41, 5.74) is 0.641. The largest absolute Gasteiger partial charge is 0.204 e. The Kier molecular flexibility index (Phi) is 3.71. The lowest BCUT2D eigenvalue weighted by Crippen LogP contribution is -2.13. The molecule has 2 aromatic carbocycles. The molecular formula is C21H24F2. The Bertz CT molecular complexity index is 814. The van der Waals surface area contributed by atoms with E-state index in [0.717, 1.165) is 44.2 Å². The molecule has 2 heteroatoms. The van der Waals surface area contributed by atoms with Crippen LogP contribution in [0.4, 0.5) is 8.78 Å². The van der Waals surface area contributed by atoms with E-state index in [-0.39, 0.29) is 41.2 Å². The van der Waals surface area contributed by atoms with Gasteiger partial charge < -0.3 is 0 Å². The molecule has 0 heterocycles. The molecule has 1 aliphatic rings. The van der Waals surface area contributed by atoms with Gasteiger partial charge in [-0.1, -0.05) is 50.0 Å². The van der Waals surface area contributed by atoms with Crippen LogP contribution in [0.5, 0.6) is 0 Å². The Morgan fingerprint density at radius 2 is 1.65 bits per heavy atom. The first-order valence-electron chi connectivity index (χ1n) is 10.4. The molecule has 23 heavy (non-hydrogen) atoms. The summed E-state index contributed by atoms with van der Waals surface area (Å²) in [6.45, 7) is 2.17. The summed E-state index contributed by atoms with van der Waals surface area (Å²) in [7, 11) is 0. The van der Waals surface area contributed by atoms with E-state index >= 15 is 0 Å². The topological polar surface area (TPSA) is 0 Å². The van der Waals surface area contributed by atoms with E-state index in [1.165, 1.54) is 12.5 Å². The molecule has 0 amide bonds. The predicted molar refractivity (Wildman–Crippen MR) is 91.4 cm³/mol. The van der Waals surface area contributed by atoms with E-state index < -0.39 is 11.6 Å². The average Bonchev–Trinajstić information content (AvgIpc) is 2.65. The summed E-state index contributed by atoms with van der Waals surface area (Å²) in [4.78, 5) is 0. The van der Waals surface area contributed by atoms with E-state index in [0.29, 0.717) is 11.5 Å². The van der Waals surface area contributed by atoms with Crippen molar-refractivity contribution in [3.05, 3.63) is 59.6 Å². The van der Waals surface area contributed by atoms with Crippen LogP contribution in [0.25, 0.3) is 11.1 Å². The van der Waals surface area contributed by atoms with E-state index in [4.69, 9.17) is 5.48 Å². The molecule has 0 saturated heterocycles. The van der Waals surface area contributed by atoms with Gasteiger partial charge in [-0.3, -0.25) is 0 Å². The lowest BCUT2D eigenvalue weighted by molar-refractivity contribution is 0.308. The van der Waals surface area contributed by atoms with Crippen LogP contribution in [0.3, 0.4) is 0 Å². The third-order valence-electron chi connectivity index (χ3n) is 4.80. The number of hydrogen-bond acceptors (Lipinski definition) is 0. The monoisotopic (exact) mass is 318 g/mol. The summed E-state index contributed by atoms with van der Waals surface area (Å²) in [5.74, 6) is -1.37. The second-order valence-corrected chi connectivity index (χ2v) is 6.42.